The summed E-state index contributed by atoms with van der Waals surface area (Å²) in [7, 11) is 0. The second-order valence-electron chi connectivity index (χ2n) is 2.26. The maximum atomic E-state index is 10.7. The summed E-state index contributed by atoms with van der Waals surface area (Å²) in [5.41, 5.74) is 0. The van der Waals surface area contributed by atoms with Crippen molar-refractivity contribution < 1.29 is 29.3 Å². The Morgan fingerprint density at radius 3 is 2.31 bits per heavy atom. The van der Waals surface area contributed by atoms with E-state index < -0.39 is 30.4 Å². The van der Waals surface area contributed by atoms with E-state index in [-0.39, 0.29) is 6.42 Å². The Hall–Kier alpha value is -1.43. The fourth-order valence-corrected chi connectivity index (χ4v) is 0.501. The fraction of sp³-hybridized carbons (Fsp3) is 0.571. The van der Waals surface area contributed by atoms with E-state index in [1.165, 1.54) is 6.92 Å². The number of carbonyl (C=O) groups is 3. The molecule has 6 nitrogen and oxygen atoms in total. The van der Waals surface area contributed by atoms with Gasteiger partial charge < -0.3 is 14.9 Å². The van der Waals surface area contributed by atoms with Crippen LogP contribution in [0.3, 0.4) is 0 Å². The van der Waals surface area contributed by atoms with E-state index in [1.807, 2.05) is 0 Å². The first-order chi connectivity index (χ1) is 5.97. The van der Waals surface area contributed by atoms with Gasteiger partial charge in [-0.05, 0) is 0 Å². The highest BCUT2D eigenvalue weighted by molar-refractivity contribution is 5.89. The van der Waals surface area contributed by atoms with E-state index in [0.717, 1.165) is 0 Å². The molecule has 74 valence electrons. The number of hydrogen-bond acceptors (Lipinski definition) is 5. The molecule has 0 fully saturated rings. The highest BCUT2D eigenvalue weighted by Crippen LogP contribution is 1.96. The molecule has 2 N–H and O–H groups in total. The Morgan fingerprint density at radius 2 is 1.92 bits per heavy atom. The molecule has 0 aromatic rings. The molecule has 0 saturated heterocycles. The molecule has 0 heterocycles. The van der Waals surface area contributed by atoms with Gasteiger partial charge in [-0.25, -0.2) is 4.79 Å². The molecule has 0 aliphatic heterocycles. The number of rotatable bonds is 4. The van der Waals surface area contributed by atoms with Crippen LogP contribution < -0.4 is 0 Å². The summed E-state index contributed by atoms with van der Waals surface area (Å²) in [5, 5.41) is 17.0. The van der Waals surface area contributed by atoms with Crippen LogP contribution in [0.1, 0.15) is 19.8 Å². The third-order valence-electron chi connectivity index (χ3n) is 1.14. The molecular weight excluding hydrogens is 180 g/mol. The number of carboxylic acid groups (broad SMARTS) is 1. The maximum Gasteiger partial charge on any atom is 0.343 e. The SMILES string of the molecule is CCC(=O)OC(=O)C(O)CC(=O)O. The van der Waals surface area contributed by atoms with Gasteiger partial charge in [-0.2, -0.15) is 0 Å². The molecule has 0 amide bonds. The molecule has 0 spiro atoms. The second-order valence-corrected chi connectivity index (χ2v) is 2.26. The minimum atomic E-state index is -1.78. The number of carbonyl (C=O) groups excluding carboxylic acids is 2. The van der Waals surface area contributed by atoms with Crippen molar-refractivity contribution in [2.45, 2.75) is 25.9 Å². The first kappa shape index (κ1) is 11.6. The van der Waals surface area contributed by atoms with Gasteiger partial charge in [-0.1, -0.05) is 6.92 Å². The van der Waals surface area contributed by atoms with Gasteiger partial charge in [-0.15, -0.1) is 0 Å². The normalized spacial score (nSPS) is 11.8. The van der Waals surface area contributed by atoms with E-state index in [1.54, 1.807) is 0 Å². The molecule has 13 heavy (non-hydrogen) atoms. The van der Waals surface area contributed by atoms with Crippen LogP contribution in [0.15, 0.2) is 0 Å². The van der Waals surface area contributed by atoms with Crippen molar-refractivity contribution in [2.75, 3.05) is 0 Å². The van der Waals surface area contributed by atoms with Crippen LogP contribution in [0.5, 0.6) is 0 Å². The van der Waals surface area contributed by atoms with Crippen LogP contribution in [0.25, 0.3) is 0 Å². The van der Waals surface area contributed by atoms with Crippen molar-refractivity contribution >= 4 is 17.9 Å². The number of aliphatic hydroxyl groups excluding tert-OH is 1. The van der Waals surface area contributed by atoms with Gasteiger partial charge in [0.25, 0.3) is 0 Å². The molecule has 0 aliphatic rings. The maximum absolute atomic E-state index is 10.7. The minimum Gasteiger partial charge on any atom is -0.481 e. The Bertz CT molecular complexity index is 221. The number of esters is 2. The molecule has 0 saturated carbocycles. The van der Waals surface area contributed by atoms with E-state index in [9.17, 15) is 14.4 Å². The molecule has 1 unspecified atom stereocenters. The summed E-state index contributed by atoms with van der Waals surface area (Å²) in [4.78, 5) is 31.2. The van der Waals surface area contributed by atoms with Crippen molar-refractivity contribution in [1.29, 1.82) is 0 Å². The lowest BCUT2D eigenvalue weighted by atomic mass is 10.2. The molecule has 0 aliphatic carbocycles. The van der Waals surface area contributed by atoms with E-state index in [2.05, 4.69) is 4.74 Å². The Balaban J connectivity index is 3.96. The lowest BCUT2D eigenvalue weighted by Gasteiger charge is -2.05. The molecule has 0 aromatic carbocycles. The molecule has 0 aromatic heterocycles. The topological polar surface area (TPSA) is 101 Å². The predicted molar refractivity (Wildman–Crippen MR) is 39.6 cm³/mol. The van der Waals surface area contributed by atoms with Crippen molar-refractivity contribution in [3.63, 3.8) is 0 Å². The lowest BCUT2D eigenvalue weighted by molar-refractivity contribution is -0.168. The quantitative estimate of drug-likeness (QED) is 0.449. The first-order valence-corrected chi connectivity index (χ1v) is 3.61. The van der Waals surface area contributed by atoms with Crippen molar-refractivity contribution in [2.24, 2.45) is 0 Å². The highest BCUT2D eigenvalue weighted by atomic mass is 16.6. The zero-order chi connectivity index (χ0) is 10.4. The Morgan fingerprint density at radius 1 is 1.38 bits per heavy atom. The van der Waals surface area contributed by atoms with Crippen molar-refractivity contribution in [3.05, 3.63) is 0 Å². The standard InChI is InChI=1S/C7H10O6/c1-2-6(11)13-7(12)4(8)3-5(9)10/h4,8H,2-3H2,1H3,(H,9,10). The second kappa shape index (κ2) is 5.26. The Kier molecular flexibility index (Phi) is 4.68. The van der Waals surface area contributed by atoms with Crippen LogP contribution in [0.2, 0.25) is 0 Å². The highest BCUT2D eigenvalue weighted by Gasteiger charge is 2.21. The largest absolute Gasteiger partial charge is 0.481 e. The number of aliphatic carboxylic acids is 1. The van der Waals surface area contributed by atoms with E-state index >= 15 is 0 Å². The zero-order valence-electron chi connectivity index (χ0n) is 7.02. The smallest absolute Gasteiger partial charge is 0.343 e. The van der Waals surface area contributed by atoms with Crippen LogP contribution in [-0.4, -0.2) is 34.2 Å². The summed E-state index contributed by atoms with van der Waals surface area (Å²) in [6, 6.07) is 0. The molecule has 6 heteroatoms. The molecule has 0 radical (unpaired) electrons. The average molecular weight is 190 g/mol. The summed E-state index contributed by atoms with van der Waals surface area (Å²) in [6.45, 7) is 1.47. The summed E-state index contributed by atoms with van der Waals surface area (Å²) in [6.07, 6.45) is -2.56. The van der Waals surface area contributed by atoms with E-state index in [0.29, 0.717) is 0 Å². The summed E-state index contributed by atoms with van der Waals surface area (Å²) < 4.78 is 4.07. The van der Waals surface area contributed by atoms with Gasteiger partial charge in [0.05, 0.1) is 6.42 Å². The predicted octanol–water partition coefficient (Wildman–Crippen LogP) is -0.698. The lowest BCUT2D eigenvalue weighted by Crippen LogP contribution is -2.27. The number of hydrogen-bond donors (Lipinski definition) is 2. The zero-order valence-corrected chi connectivity index (χ0v) is 7.02. The molecule has 0 rings (SSSR count). The molecule has 1 atom stereocenters. The molecule has 0 bridgehead atoms. The van der Waals surface area contributed by atoms with Crippen molar-refractivity contribution in [1.82, 2.24) is 0 Å². The Labute approximate surface area is 74.1 Å². The number of carboxylic acids is 1. The fourth-order valence-electron chi connectivity index (χ4n) is 0.501. The van der Waals surface area contributed by atoms with Crippen LogP contribution >= 0.6 is 0 Å². The van der Waals surface area contributed by atoms with Gasteiger partial charge in [-0.3, -0.25) is 9.59 Å². The van der Waals surface area contributed by atoms with Gasteiger partial charge in [0.1, 0.15) is 0 Å². The summed E-state index contributed by atoms with van der Waals surface area (Å²) in [5.74, 6) is -3.36. The van der Waals surface area contributed by atoms with Gasteiger partial charge in [0, 0.05) is 6.42 Å². The van der Waals surface area contributed by atoms with Gasteiger partial charge >= 0.3 is 17.9 Å². The van der Waals surface area contributed by atoms with Crippen molar-refractivity contribution in [3.8, 4) is 0 Å². The van der Waals surface area contributed by atoms with Gasteiger partial charge in [0.15, 0.2) is 6.10 Å². The first-order valence-electron chi connectivity index (χ1n) is 3.61. The van der Waals surface area contributed by atoms with Crippen LogP contribution in [0.4, 0.5) is 0 Å². The van der Waals surface area contributed by atoms with Gasteiger partial charge in [0.2, 0.25) is 0 Å². The third kappa shape index (κ3) is 4.91. The minimum absolute atomic E-state index is 0.00840. The number of ether oxygens (including phenoxy) is 1. The summed E-state index contributed by atoms with van der Waals surface area (Å²) >= 11 is 0. The third-order valence-corrected chi connectivity index (χ3v) is 1.14. The average Bonchev–Trinajstić information content (AvgIpc) is 2.02. The monoisotopic (exact) mass is 190 g/mol. The van der Waals surface area contributed by atoms with Crippen LogP contribution in [-0.2, 0) is 19.1 Å². The number of aliphatic hydroxyl groups is 1. The van der Waals surface area contributed by atoms with E-state index in [4.69, 9.17) is 10.2 Å². The van der Waals surface area contributed by atoms with Crippen LogP contribution in [0, 0.1) is 0 Å². The molecular formula is C7H10O6.